The van der Waals surface area contributed by atoms with Gasteiger partial charge in [-0.05, 0) is 41.0 Å². The number of nitro groups is 1. The Kier molecular flexibility index (Phi) is 4.57. The molecule has 130 valence electrons. The highest BCUT2D eigenvalue weighted by Crippen LogP contribution is 2.32. The zero-order valence-corrected chi connectivity index (χ0v) is 13.5. The van der Waals surface area contributed by atoms with E-state index in [0.29, 0.717) is 16.7 Å². The highest BCUT2D eigenvalue weighted by Gasteiger charge is 2.10. The smallest absolute Gasteiger partial charge is 0.270 e. The number of benzene rings is 3. The normalized spacial score (nSPS) is 10.9. The molecule has 6 heteroatoms. The van der Waals surface area contributed by atoms with Crippen molar-refractivity contribution in [2.45, 2.75) is 0 Å². The van der Waals surface area contributed by atoms with Crippen LogP contribution in [0.1, 0.15) is 11.1 Å². The molecule has 0 fully saturated rings. The van der Waals surface area contributed by atoms with Gasteiger partial charge < -0.3 is 15.3 Å². The maximum atomic E-state index is 10.9. The molecule has 0 amide bonds. The third-order valence-electron chi connectivity index (χ3n) is 3.78. The summed E-state index contributed by atoms with van der Waals surface area (Å²) in [7, 11) is 0. The Morgan fingerprint density at radius 2 is 1.50 bits per heavy atom. The number of aromatic hydroxyl groups is 3. The lowest BCUT2D eigenvalue weighted by atomic mass is 10.0. The number of nitro benzene ring substituents is 1. The first-order valence-electron chi connectivity index (χ1n) is 7.71. The summed E-state index contributed by atoms with van der Waals surface area (Å²) in [5.74, 6) is -0.0853. The number of phenolic OH excluding ortho intramolecular Hbond substituents is 3. The van der Waals surface area contributed by atoms with Crippen LogP contribution in [0.15, 0.2) is 60.7 Å². The van der Waals surface area contributed by atoms with Gasteiger partial charge in [-0.15, -0.1) is 0 Å². The largest absolute Gasteiger partial charge is 0.508 e. The van der Waals surface area contributed by atoms with E-state index in [0.717, 1.165) is 5.56 Å². The lowest BCUT2D eigenvalue weighted by Gasteiger charge is -2.06. The molecule has 0 aliphatic heterocycles. The fourth-order valence-electron chi connectivity index (χ4n) is 2.58. The monoisotopic (exact) mass is 349 g/mol. The topological polar surface area (TPSA) is 104 Å². The third-order valence-corrected chi connectivity index (χ3v) is 3.78. The van der Waals surface area contributed by atoms with Crippen molar-refractivity contribution in [1.82, 2.24) is 0 Å². The van der Waals surface area contributed by atoms with Crippen molar-refractivity contribution in [3.63, 3.8) is 0 Å². The van der Waals surface area contributed by atoms with E-state index in [1.165, 1.54) is 36.4 Å². The quantitative estimate of drug-likeness (QED) is 0.364. The molecule has 0 aliphatic carbocycles. The second kappa shape index (κ2) is 6.98. The number of non-ortho nitro benzene ring substituents is 1. The Balaban J connectivity index is 1.96. The summed E-state index contributed by atoms with van der Waals surface area (Å²) in [5, 5.41) is 40.1. The maximum absolute atomic E-state index is 10.9. The molecule has 0 atom stereocenters. The molecule has 0 spiro atoms. The predicted molar refractivity (Wildman–Crippen MR) is 98.9 cm³/mol. The van der Waals surface area contributed by atoms with Crippen LogP contribution < -0.4 is 0 Å². The van der Waals surface area contributed by atoms with E-state index in [2.05, 4.69) is 0 Å². The average molecular weight is 349 g/mol. The van der Waals surface area contributed by atoms with Crippen LogP contribution in [0, 0.1) is 10.1 Å². The molecule has 3 N–H and O–H groups in total. The summed E-state index contributed by atoms with van der Waals surface area (Å²) in [4.78, 5) is 10.5. The average Bonchev–Trinajstić information content (AvgIpc) is 2.60. The van der Waals surface area contributed by atoms with Crippen molar-refractivity contribution in [2.75, 3.05) is 0 Å². The lowest BCUT2D eigenvalue weighted by Crippen LogP contribution is -1.88. The van der Waals surface area contributed by atoms with Crippen LogP contribution in [-0.2, 0) is 0 Å². The van der Waals surface area contributed by atoms with Gasteiger partial charge in [0.1, 0.15) is 17.2 Å². The van der Waals surface area contributed by atoms with Gasteiger partial charge in [-0.25, -0.2) is 0 Å². The minimum atomic E-state index is -0.487. The Morgan fingerprint density at radius 1 is 0.808 bits per heavy atom. The first-order valence-corrected chi connectivity index (χ1v) is 7.71. The summed E-state index contributed by atoms with van der Waals surface area (Å²) in [6.45, 7) is 0. The molecule has 0 aromatic heterocycles. The summed E-state index contributed by atoms with van der Waals surface area (Å²) in [5.41, 5.74) is 2.29. The number of nitrogens with zero attached hydrogens (tertiary/aromatic N) is 1. The fraction of sp³-hybridized carbons (Fsp3) is 0. The minimum absolute atomic E-state index is 0.0117. The molecule has 3 rings (SSSR count). The number of hydrogen-bond donors (Lipinski definition) is 3. The molecule has 3 aromatic carbocycles. The van der Waals surface area contributed by atoms with Crippen molar-refractivity contribution in [1.29, 1.82) is 0 Å². The summed E-state index contributed by atoms with van der Waals surface area (Å²) in [6, 6.07) is 15.2. The van der Waals surface area contributed by atoms with Gasteiger partial charge in [-0.2, -0.15) is 0 Å². The fourth-order valence-corrected chi connectivity index (χ4v) is 2.58. The molecule has 6 nitrogen and oxygen atoms in total. The highest BCUT2D eigenvalue weighted by molar-refractivity contribution is 5.78. The first-order chi connectivity index (χ1) is 12.4. The number of hydrogen-bond acceptors (Lipinski definition) is 5. The highest BCUT2D eigenvalue weighted by atomic mass is 16.6. The van der Waals surface area contributed by atoms with Gasteiger partial charge in [0, 0.05) is 23.8 Å². The van der Waals surface area contributed by atoms with E-state index in [4.69, 9.17) is 0 Å². The Hall–Kier alpha value is -3.80. The van der Waals surface area contributed by atoms with E-state index in [1.54, 1.807) is 36.4 Å². The molecule has 0 saturated heterocycles. The van der Waals surface area contributed by atoms with Crippen LogP contribution in [0.3, 0.4) is 0 Å². The van der Waals surface area contributed by atoms with E-state index in [9.17, 15) is 25.4 Å². The van der Waals surface area contributed by atoms with Crippen LogP contribution >= 0.6 is 0 Å². The van der Waals surface area contributed by atoms with Gasteiger partial charge in [0.05, 0.1) is 4.92 Å². The molecule has 0 aliphatic rings. The Labute approximate surface area is 149 Å². The van der Waals surface area contributed by atoms with Gasteiger partial charge >= 0.3 is 0 Å². The van der Waals surface area contributed by atoms with E-state index in [-0.39, 0.29) is 22.9 Å². The zero-order chi connectivity index (χ0) is 18.7. The van der Waals surface area contributed by atoms with Crippen molar-refractivity contribution >= 4 is 17.8 Å². The standard InChI is InChI=1S/C20H15NO5/c22-17-8-14(9-18(23)12-17)5-4-13-6-7-20(24)19(10-13)15-2-1-3-16(11-15)21(25)26/h1-12,22-24H/b5-4+. The summed E-state index contributed by atoms with van der Waals surface area (Å²) >= 11 is 0. The molecule has 26 heavy (non-hydrogen) atoms. The lowest BCUT2D eigenvalue weighted by molar-refractivity contribution is -0.384. The zero-order valence-electron chi connectivity index (χ0n) is 13.5. The SMILES string of the molecule is O=[N+]([O-])c1cccc(-c2cc(/C=C/c3cc(O)cc(O)c3)ccc2O)c1. The molecule has 3 aromatic rings. The van der Waals surface area contributed by atoms with Crippen LogP contribution in [0.4, 0.5) is 5.69 Å². The maximum Gasteiger partial charge on any atom is 0.270 e. The molecular weight excluding hydrogens is 334 g/mol. The van der Waals surface area contributed by atoms with Gasteiger partial charge in [0.15, 0.2) is 0 Å². The number of rotatable bonds is 4. The molecule has 0 radical (unpaired) electrons. The van der Waals surface area contributed by atoms with Crippen LogP contribution in [0.25, 0.3) is 23.3 Å². The van der Waals surface area contributed by atoms with Crippen LogP contribution in [0.2, 0.25) is 0 Å². The van der Waals surface area contributed by atoms with Gasteiger partial charge in [0.2, 0.25) is 0 Å². The van der Waals surface area contributed by atoms with Crippen molar-refractivity contribution in [2.24, 2.45) is 0 Å². The van der Waals surface area contributed by atoms with Gasteiger partial charge in [-0.1, -0.05) is 30.4 Å². The van der Waals surface area contributed by atoms with E-state index in [1.807, 2.05) is 0 Å². The molecular formula is C20H15NO5. The molecule has 0 heterocycles. The Bertz CT molecular complexity index is 991. The Morgan fingerprint density at radius 3 is 2.19 bits per heavy atom. The van der Waals surface area contributed by atoms with Crippen LogP contribution in [0.5, 0.6) is 17.2 Å². The minimum Gasteiger partial charge on any atom is -0.508 e. The second-order valence-electron chi connectivity index (χ2n) is 5.70. The second-order valence-corrected chi connectivity index (χ2v) is 5.70. The van der Waals surface area contributed by atoms with Crippen LogP contribution in [-0.4, -0.2) is 20.2 Å². The van der Waals surface area contributed by atoms with E-state index >= 15 is 0 Å². The van der Waals surface area contributed by atoms with Crippen molar-refractivity contribution in [3.05, 3.63) is 81.9 Å². The summed E-state index contributed by atoms with van der Waals surface area (Å²) in [6.07, 6.45) is 3.44. The van der Waals surface area contributed by atoms with Gasteiger partial charge in [-0.3, -0.25) is 10.1 Å². The molecule has 0 saturated carbocycles. The van der Waals surface area contributed by atoms with Crippen molar-refractivity contribution < 1.29 is 20.2 Å². The molecule has 0 unspecified atom stereocenters. The van der Waals surface area contributed by atoms with E-state index < -0.39 is 4.92 Å². The third kappa shape index (κ3) is 3.81. The number of phenols is 3. The van der Waals surface area contributed by atoms with Gasteiger partial charge in [0.25, 0.3) is 5.69 Å². The first kappa shape index (κ1) is 17.0. The predicted octanol–water partition coefficient (Wildman–Crippen LogP) is 4.55. The summed E-state index contributed by atoms with van der Waals surface area (Å²) < 4.78 is 0. The molecule has 0 bridgehead atoms. The van der Waals surface area contributed by atoms with Crippen molar-refractivity contribution in [3.8, 4) is 28.4 Å².